The van der Waals surface area contributed by atoms with Crippen LogP contribution in [0, 0.1) is 5.82 Å². The number of benzene rings is 1. The Kier molecular flexibility index (Phi) is 2.68. The van der Waals surface area contributed by atoms with Crippen LogP contribution in [0.3, 0.4) is 0 Å². The Labute approximate surface area is 83.5 Å². The summed E-state index contributed by atoms with van der Waals surface area (Å²) in [4.78, 5) is 0. The normalized spacial score (nSPS) is 20.0. The number of hydrogen-bond donors (Lipinski definition) is 2. The van der Waals surface area contributed by atoms with E-state index >= 15 is 0 Å². The Morgan fingerprint density at radius 3 is 3.21 bits per heavy atom. The second-order valence-corrected chi connectivity index (χ2v) is 3.70. The SMILES string of the molecule is CNCC1CCNc2cc(F)ccc21. The van der Waals surface area contributed by atoms with Crippen molar-refractivity contribution in [2.75, 3.05) is 25.5 Å². The number of hydrogen-bond acceptors (Lipinski definition) is 2. The van der Waals surface area contributed by atoms with Gasteiger partial charge in [0, 0.05) is 24.7 Å². The van der Waals surface area contributed by atoms with Crippen LogP contribution in [0.15, 0.2) is 18.2 Å². The van der Waals surface area contributed by atoms with Crippen LogP contribution in [0.25, 0.3) is 0 Å². The molecule has 0 fully saturated rings. The molecule has 0 aromatic heterocycles. The maximum absolute atomic E-state index is 13.0. The van der Waals surface area contributed by atoms with Gasteiger partial charge >= 0.3 is 0 Å². The molecule has 1 heterocycles. The standard InChI is InChI=1S/C11H15FN2/c1-13-7-8-4-5-14-11-6-9(12)2-3-10(8)11/h2-3,6,8,13-14H,4-5,7H2,1H3. The van der Waals surface area contributed by atoms with Crippen LogP contribution >= 0.6 is 0 Å². The van der Waals surface area contributed by atoms with E-state index in [1.807, 2.05) is 13.1 Å². The van der Waals surface area contributed by atoms with Gasteiger partial charge in [0.1, 0.15) is 5.82 Å². The molecule has 1 aromatic rings. The molecule has 0 saturated carbocycles. The monoisotopic (exact) mass is 194 g/mol. The molecule has 1 aliphatic rings. The molecule has 0 spiro atoms. The Morgan fingerprint density at radius 1 is 1.57 bits per heavy atom. The molecule has 0 radical (unpaired) electrons. The second kappa shape index (κ2) is 3.96. The number of likely N-dealkylation sites (N-methyl/N-ethyl adjacent to an activating group) is 1. The summed E-state index contributed by atoms with van der Waals surface area (Å²) in [6.07, 6.45) is 1.11. The highest BCUT2D eigenvalue weighted by molar-refractivity contribution is 5.55. The molecule has 1 aromatic carbocycles. The zero-order valence-corrected chi connectivity index (χ0v) is 8.31. The Hall–Kier alpha value is -1.09. The third-order valence-electron chi connectivity index (χ3n) is 2.71. The highest BCUT2D eigenvalue weighted by Crippen LogP contribution is 2.31. The highest BCUT2D eigenvalue weighted by atomic mass is 19.1. The minimum Gasteiger partial charge on any atom is -0.385 e. The second-order valence-electron chi connectivity index (χ2n) is 3.70. The molecule has 0 bridgehead atoms. The molecule has 1 aliphatic heterocycles. The summed E-state index contributed by atoms with van der Waals surface area (Å²) in [5.74, 6) is 0.346. The summed E-state index contributed by atoms with van der Waals surface area (Å²) in [6.45, 7) is 1.89. The van der Waals surface area contributed by atoms with Gasteiger partial charge < -0.3 is 10.6 Å². The largest absolute Gasteiger partial charge is 0.385 e. The zero-order chi connectivity index (χ0) is 9.97. The summed E-state index contributed by atoms with van der Waals surface area (Å²) in [5.41, 5.74) is 2.18. The Morgan fingerprint density at radius 2 is 2.43 bits per heavy atom. The molecule has 76 valence electrons. The molecule has 0 amide bonds. The van der Waals surface area contributed by atoms with Crippen molar-refractivity contribution in [2.45, 2.75) is 12.3 Å². The minimum atomic E-state index is -0.165. The van der Waals surface area contributed by atoms with E-state index in [-0.39, 0.29) is 5.82 Å². The van der Waals surface area contributed by atoms with Crippen molar-refractivity contribution in [3.05, 3.63) is 29.6 Å². The number of rotatable bonds is 2. The smallest absolute Gasteiger partial charge is 0.125 e. The molecule has 0 saturated heterocycles. The quantitative estimate of drug-likeness (QED) is 0.752. The predicted molar refractivity (Wildman–Crippen MR) is 56.2 cm³/mol. The number of anilines is 1. The molecule has 2 rings (SSSR count). The van der Waals surface area contributed by atoms with Crippen molar-refractivity contribution in [3.63, 3.8) is 0 Å². The van der Waals surface area contributed by atoms with E-state index < -0.39 is 0 Å². The average molecular weight is 194 g/mol. The van der Waals surface area contributed by atoms with E-state index in [4.69, 9.17) is 0 Å². The predicted octanol–water partition coefficient (Wildman–Crippen LogP) is 1.94. The third kappa shape index (κ3) is 1.73. The minimum absolute atomic E-state index is 0.165. The van der Waals surface area contributed by atoms with Gasteiger partial charge in [0.25, 0.3) is 0 Å². The highest BCUT2D eigenvalue weighted by Gasteiger charge is 2.19. The summed E-state index contributed by atoms with van der Waals surface area (Å²) in [6, 6.07) is 5.00. The average Bonchev–Trinajstić information content (AvgIpc) is 2.18. The molecule has 3 heteroatoms. The van der Waals surface area contributed by atoms with Gasteiger partial charge in [-0.3, -0.25) is 0 Å². The molecule has 2 N–H and O–H groups in total. The molecule has 1 unspecified atom stereocenters. The van der Waals surface area contributed by atoms with Crippen molar-refractivity contribution in [3.8, 4) is 0 Å². The van der Waals surface area contributed by atoms with E-state index in [1.54, 1.807) is 6.07 Å². The lowest BCUT2D eigenvalue weighted by atomic mass is 9.91. The van der Waals surface area contributed by atoms with E-state index in [2.05, 4.69) is 10.6 Å². The molecule has 14 heavy (non-hydrogen) atoms. The van der Waals surface area contributed by atoms with Crippen LogP contribution in [0.4, 0.5) is 10.1 Å². The Bertz CT molecular complexity index is 325. The maximum atomic E-state index is 13.0. The van der Waals surface area contributed by atoms with Gasteiger partial charge in [0.05, 0.1) is 0 Å². The summed E-state index contributed by atoms with van der Waals surface area (Å²) in [5, 5.41) is 6.40. The molecular weight excluding hydrogens is 179 g/mol. The Balaban J connectivity index is 2.30. The van der Waals surface area contributed by atoms with Gasteiger partial charge in [-0.15, -0.1) is 0 Å². The summed E-state index contributed by atoms with van der Waals surface area (Å²) >= 11 is 0. The first kappa shape index (κ1) is 9.46. The lowest BCUT2D eigenvalue weighted by molar-refractivity contribution is 0.579. The topological polar surface area (TPSA) is 24.1 Å². The van der Waals surface area contributed by atoms with Gasteiger partial charge in [-0.1, -0.05) is 6.07 Å². The van der Waals surface area contributed by atoms with Crippen LogP contribution in [0.2, 0.25) is 0 Å². The van der Waals surface area contributed by atoms with Gasteiger partial charge in [-0.05, 0) is 31.2 Å². The first-order chi connectivity index (χ1) is 6.81. The van der Waals surface area contributed by atoms with E-state index in [1.165, 1.54) is 11.6 Å². The fourth-order valence-corrected chi connectivity index (χ4v) is 2.03. The van der Waals surface area contributed by atoms with Crippen LogP contribution in [0.5, 0.6) is 0 Å². The first-order valence-electron chi connectivity index (χ1n) is 4.99. The van der Waals surface area contributed by atoms with Crippen LogP contribution < -0.4 is 10.6 Å². The fourth-order valence-electron chi connectivity index (χ4n) is 2.03. The molecular formula is C11H15FN2. The van der Waals surface area contributed by atoms with Gasteiger partial charge in [-0.25, -0.2) is 4.39 Å². The van der Waals surface area contributed by atoms with Crippen molar-refractivity contribution < 1.29 is 4.39 Å². The number of fused-ring (bicyclic) bond motifs is 1. The fraction of sp³-hybridized carbons (Fsp3) is 0.455. The lowest BCUT2D eigenvalue weighted by Crippen LogP contribution is -2.24. The zero-order valence-electron chi connectivity index (χ0n) is 8.31. The van der Waals surface area contributed by atoms with Gasteiger partial charge in [-0.2, -0.15) is 0 Å². The van der Waals surface area contributed by atoms with Gasteiger partial charge in [0.15, 0.2) is 0 Å². The molecule has 0 aliphatic carbocycles. The summed E-state index contributed by atoms with van der Waals surface area (Å²) < 4.78 is 13.0. The van der Waals surface area contributed by atoms with Crippen LogP contribution in [0.1, 0.15) is 17.9 Å². The molecule has 1 atom stereocenters. The van der Waals surface area contributed by atoms with Gasteiger partial charge in [0.2, 0.25) is 0 Å². The van der Waals surface area contributed by atoms with Crippen molar-refractivity contribution in [2.24, 2.45) is 0 Å². The maximum Gasteiger partial charge on any atom is 0.125 e. The first-order valence-corrected chi connectivity index (χ1v) is 4.99. The lowest BCUT2D eigenvalue weighted by Gasteiger charge is -2.26. The van der Waals surface area contributed by atoms with Crippen LogP contribution in [-0.4, -0.2) is 20.1 Å². The van der Waals surface area contributed by atoms with E-state index in [9.17, 15) is 4.39 Å². The number of halogens is 1. The summed E-state index contributed by atoms with van der Waals surface area (Å²) in [7, 11) is 1.95. The van der Waals surface area contributed by atoms with E-state index in [0.717, 1.165) is 25.2 Å². The third-order valence-corrected chi connectivity index (χ3v) is 2.71. The van der Waals surface area contributed by atoms with Crippen molar-refractivity contribution in [1.29, 1.82) is 0 Å². The van der Waals surface area contributed by atoms with Crippen molar-refractivity contribution >= 4 is 5.69 Å². The number of nitrogens with one attached hydrogen (secondary N) is 2. The van der Waals surface area contributed by atoms with Crippen LogP contribution in [-0.2, 0) is 0 Å². The molecule has 2 nitrogen and oxygen atoms in total. The van der Waals surface area contributed by atoms with E-state index in [0.29, 0.717) is 5.92 Å². The van der Waals surface area contributed by atoms with Crippen molar-refractivity contribution in [1.82, 2.24) is 5.32 Å².